The molecule has 0 atom stereocenters. The number of hydrogen-bond acceptors (Lipinski definition) is 4. The van der Waals surface area contributed by atoms with Gasteiger partial charge in [-0.25, -0.2) is 4.98 Å². The molecule has 2 aromatic heterocycles. The van der Waals surface area contributed by atoms with Gasteiger partial charge >= 0.3 is 0 Å². The normalized spacial score (nSPS) is 11.1. The first-order valence-corrected chi connectivity index (χ1v) is 8.06. The molecule has 0 bridgehead atoms. The van der Waals surface area contributed by atoms with Crippen LogP contribution in [0, 0.1) is 0 Å². The van der Waals surface area contributed by atoms with Gasteiger partial charge in [-0.1, -0.05) is 18.7 Å². The van der Waals surface area contributed by atoms with Crippen LogP contribution in [-0.2, 0) is 0 Å². The van der Waals surface area contributed by atoms with Crippen LogP contribution >= 0.6 is 0 Å². The summed E-state index contributed by atoms with van der Waals surface area (Å²) >= 11 is 0. The molecule has 0 saturated heterocycles. The first kappa shape index (κ1) is 15.8. The average molecular weight is 337 g/mol. The Morgan fingerprint density at radius 3 is 2.31 bits per heavy atom. The van der Waals surface area contributed by atoms with E-state index in [0.29, 0.717) is 11.5 Å². The molecule has 0 aliphatic carbocycles. The van der Waals surface area contributed by atoms with Crippen molar-refractivity contribution in [3.05, 3.63) is 78.4 Å². The molecule has 0 aliphatic rings. The van der Waals surface area contributed by atoms with Gasteiger partial charge < -0.3 is 4.42 Å². The van der Waals surface area contributed by atoms with E-state index in [9.17, 15) is 0 Å². The highest BCUT2D eigenvalue weighted by Crippen LogP contribution is 2.26. The van der Waals surface area contributed by atoms with Crippen LogP contribution in [-0.4, -0.2) is 17.9 Å². The second-order valence-corrected chi connectivity index (χ2v) is 5.75. The zero-order valence-electron chi connectivity index (χ0n) is 14.0. The van der Waals surface area contributed by atoms with Crippen LogP contribution in [0.3, 0.4) is 0 Å². The molecule has 2 heterocycles. The molecule has 0 amide bonds. The number of aromatic nitrogens is 1. The van der Waals surface area contributed by atoms with E-state index in [4.69, 9.17) is 9.40 Å². The standard InChI is InChI=1S/C22H15N3O/c1-3-4-19-9-10-20(26-19)14-24-18-8-6-16-11-15-5-7-17(23-2)12-21(15)25-22(16)13-18/h4-14H,1-2H2. The number of aliphatic imine (C=N–C) groups is 2. The van der Waals surface area contributed by atoms with Crippen molar-refractivity contribution >= 4 is 52.2 Å². The number of furan rings is 1. The summed E-state index contributed by atoms with van der Waals surface area (Å²) in [5, 5.41) is 2.13. The summed E-state index contributed by atoms with van der Waals surface area (Å²) in [5.74, 6) is 1.36. The van der Waals surface area contributed by atoms with Crippen LogP contribution < -0.4 is 0 Å². The number of pyridine rings is 1. The Morgan fingerprint density at radius 2 is 1.58 bits per heavy atom. The van der Waals surface area contributed by atoms with Gasteiger partial charge in [-0.2, -0.15) is 0 Å². The van der Waals surface area contributed by atoms with E-state index in [0.717, 1.165) is 33.2 Å². The highest BCUT2D eigenvalue weighted by atomic mass is 16.3. The van der Waals surface area contributed by atoms with Crippen molar-refractivity contribution < 1.29 is 4.42 Å². The van der Waals surface area contributed by atoms with E-state index in [1.54, 1.807) is 12.3 Å². The van der Waals surface area contributed by atoms with Crippen molar-refractivity contribution in [2.45, 2.75) is 0 Å². The van der Waals surface area contributed by atoms with Crippen LogP contribution in [0.5, 0.6) is 0 Å². The molecular weight excluding hydrogens is 322 g/mol. The molecule has 26 heavy (non-hydrogen) atoms. The topological polar surface area (TPSA) is 50.8 Å². The van der Waals surface area contributed by atoms with Gasteiger partial charge in [-0.3, -0.25) is 9.98 Å². The third kappa shape index (κ3) is 3.09. The van der Waals surface area contributed by atoms with Crippen molar-refractivity contribution in [1.82, 2.24) is 4.98 Å². The number of benzene rings is 2. The number of hydrogen-bond donors (Lipinski definition) is 0. The van der Waals surface area contributed by atoms with Crippen molar-refractivity contribution in [1.29, 1.82) is 0 Å². The quantitative estimate of drug-likeness (QED) is 0.266. The number of fused-ring (bicyclic) bond motifs is 2. The Hall–Kier alpha value is -3.75. The SMILES string of the molecule is C=C=Cc1ccc(C=Nc2ccc3cc4ccc(N=C)cc4nc3c2)o1. The monoisotopic (exact) mass is 337 g/mol. The molecule has 4 rings (SSSR count). The summed E-state index contributed by atoms with van der Waals surface area (Å²) in [6.07, 6.45) is 3.36. The van der Waals surface area contributed by atoms with E-state index in [1.807, 2.05) is 48.5 Å². The van der Waals surface area contributed by atoms with Crippen molar-refractivity contribution in [2.24, 2.45) is 9.98 Å². The lowest BCUT2D eigenvalue weighted by atomic mass is 10.1. The molecule has 2 aromatic carbocycles. The largest absolute Gasteiger partial charge is 0.455 e. The van der Waals surface area contributed by atoms with Gasteiger partial charge in [0.1, 0.15) is 11.5 Å². The smallest absolute Gasteiger partial charge is 0.145 e. The fraction of sp³-hybridized carbons (Fsp3) is 0. The molecular formula is C22H15N3O. The zero-order valence-corrected chi connectivity index (χ0v) is 14.0. The zero-order chi connectivity index (χ0) is 17.9. The first-order valence-electron chi connectivity index (χ1n) is 8.06. The minimum absolute atomic E-state index is 0.666. The second-order valence-electron chi connectivity index (χ2n) is 5.75. The summed E-state index contributed by atoms with van der Waals surface area (Å²) in [6, 6.07) is 17.6. The predicted octanol–water partition coefficient (Wildman–Crippen LogP) is 5.86. The molecule has 0 spiro atoms. The van der Waals surface area contributed by atoms with Gasteiger partial charge in [0.15, 0.2) is 0 Å². The molecule has 0 N–H and O–H groups in total. The third-order valence-electron chi connectivity index (χ3n) is 4.00. The highest BCUT2D eigenvalue weighted by molar-refractivity contribution is 5.95. The lowest BCUT2D eigenvalue weighted by Crippen LogP contribution is -1.83. The van der Waals surface area contributed by atoms with Crippen molar-refractivity contribution in [3.8, 4) is 0 Å². The molecule has 0 fully saturated rings. The fourth-order valence-corrected chi connectivity index (χ4v) is 2.73. The summed E-state index contributed by atoms with van der Waals surface area (Å²) in [7, 11) is 0. The summed E-state index contributed by atoms with van der Waals surface area (Å²) < 4.78 is 5.58. The van der Waals surface area contributed by atoms with Gasteiger partial charge in [0.2, 0.25) is 0 Å². The average Bonchev–Trinajstić information content (AvgIpc) is 3.12. The first-order chi connectivity index (χ1) is 12.7. The van der Waals surface area contributed by atoms with Crippen molar-refractivity contribution in [3.63, 3.8) is 0 Å². The van der Waals surface area contributed by atoms with Gasteiger partial charge in [0.25, 0.3) is 0 Å². The van der Waals surface area contributed by atoms with Crippen LogP contribution in [0.15, 0.2) is 81.3 Å². The van der Waals surface area contributed by atoms with Crippen molar-refractivity contribution in [2.75, 3.05) is 0 Å². The predicted molar refractivity (Wildman–Crippen MR) is 108 cm³/mol. The Morgan fingerprint density at radius 1 is 0.885 bits per heavy atom. The number of rotatable bonds is 4. The molecule has 0 aliphatic heterocycles. The summed E-state index contributed by atoms with van der Waals surface area (Å²) in [6.45, 7) is 7.09. The van der Waals surface area contributed by atoms with Crippen LogP contribution in [0.2, 0.25) is 0 Å². The fourth-order valence-electron chi connectivity index (χ4n) is 2.73. The highest BCUT2D eigenvalue weighted by Gasteiger charge is 2.02. The van der Waals surface area contributed by atoms with Crippen LogP contribution in [0.25, 0.3) is 27.9 Å². The van der Waals surface area contributed by atoms with E-state index < -0.39 is 0 Å². The minimum Gasteiger partial charge on any atom is -0.455 e. The maximum atomic E-state index is 5.58. The van der Waals surface area contributed by atoms with E-state index >= 15 is 0 Å². The van der Waals surface area contributed by atoms with Gasteiger partial charge in [-0.15, -0.1) is 5.73 Å². The summed E-state index contributed by atoms with van der Waals surface area (Å²) in [5.41, 5.74) is 6.06. The Balaban J connectivity index is 1.71. The maximum absolute atomic E-state index is 5.58. The maximum Gasteiger partial charge on any atom is 0.145 e. The molecule has 124 valence electrons. The van der Waals surface area contributed by atoms with Gasteiger partial charge in [0.05, 0.1) is 28.6 Å². The Kier molecular flexibility index (Phi) is 4.02. The summed E-state index contributed by atoms with van der Waals surface area (Å²) in [4.78, 5) is 13.2. The van der Waals surface area contributed by atoms with Crippen LogP contribution in [0.4, 0.5) is 11.4 Å². The van der Waals surface area contributed by atoms with E-state index in [-0.39, 0.29) is 0 Å². The number of nitrogens with zero attached hydrogens (tertiary/aromatic N) is 3. The molecule has 4 heteroatoms. The van der Waals surface area contributed by atoms with E-state index in [1.165, 1.54) is 0 Å². The molecule has 4 aromatic rings. The second kappa shape index (κ2) is 6.63. The molecule has 0 radical (unpaired) electrons. The third-order valence-corrected chi connectivity index (χ3v) is 4.00. The van der Waals surface area contributed by atoms with Gasteiger partial charge in [-0.05, 0) is 49.2 Å². The Bertz CT molecular complexity index is 1210. The molecule has 0 saturated carbocycles. The molecule has 4 nitrogen and oxygen atoms in total. The lowest BCUT2D eigenvalue weighted by Gasteiger charge is -2.03. The molecule has 0 unspecified atom stereocenters. The van der Waals surface area contributed by atoms with Gasteiger partial charge in [0, 0.05) is 16.8 Å². The van der Waals surface area contributed by atoms with E-state index in [2.05, 4.69) is 35.1 Å². The minimum atomic E-state index is 0.666. The lowest BCUT2D eigenvalue weighted by molar-refractivity contribution is 0.550. The van der Waals surface area contributed by atoms with Crippen LogP contribution in [0.1, 0.15) is 11.5 Å². The Labute approximate surface area is 150 Å².